The fourth-order valence-electron chi connectivity index (χ4n) is 4.76. The van der Waals surface area contributed by atoms with Gasteiger partial charge in [0, 0.05) is 17.8 Å². The number of carbonyl (C=O) groups excluding carboxylic acids is 1. The van der Waals surface area contributed by atoms with Crippen molar-refractivity contribution in [2.24, 2.45) is 11.0 Å². The van der Waals surface area contributed by atoms with Crippen molar-refractivity contribution in [3.8, 4) is 0 Å². The Labute approximate surface area is 186 Å². The molecule has 164 valence electrons. The Morgan fingerprint density at radius 1 is 0.871 bits per heavy atom. The summed E-state index contributed by atoms with van der Waals surface area (Å²) in [5.41, 5.74) is 7.31. The van der Waals surface area contributed by atoms with Crippen LogP contribution in [0.25, 0.3) is 0 Å². The minimum absolute atomic E-state index is 0.106. The largest absolute Gasteiger partial charge is 0.299 e. The summed E-state index contributed by atoms with van der Waals surface area (Å²) < 4.78 is 0. The van der Waals surface area contributed by atoms with Crippen molar-refractivity contribution in [3.05, 3.63) is 71.3 Å². The second kappa shape index (κ2) is 11.2. The van der Waals surface area contributed by atoms with E-state index in [-0.39, 0.29) is 5.91 Å². The number of hydrogen-bond donors (Lipinski definition) is 1. The van der Waals surface area contributed by atoms with Gasteiger partial charge in [-0.1, -0.05) is 55.3 Å². The van der Waals surface area contributed by atoms with Gasteiger partial charge in [-0.15, -0.1) is 0 Å². The lowest BCUT2D eigenvalue weighted by molar-refractivity contribution is 0.0954. The maximum absolute atomic E-state index is 12.4. The topological polar surface area (TPSA) is 44.7 Å². The van der Waals surface area contributed by atoms with Gasteiger partial charge in [0.15, 0.2) is 0 Å². The van der Waals surface area contributed by atoms with Crippen molar-refractivity contribution in [1.82, 2.24) is 10.3 Å². The van der Waals surface area contributed by atoms with Gasteiger partial charge in [-0.3, -0.25) is 9.69 Å². The zero-order chi connectivity index (χ0) is 21.3. The van der Waals surface area contributed by atoms with E-state index in [2.05, 4.69) is 57.9 Å². The number of hydrazone groups is 1. The average Bonchev–Trinajstić information content (AvgIpc) is 3.09. The van der Waals surface area contributed by atoms with E-state index in [1.807, 2.05) is 12.1 Å². The average molecular weight is 418 g/mol. The third-order valence-electron chi connectivity index (χ3n) is 6.69. The van der Waals surface area contributed by atoms with Gasteiger partial charge in [0.25, 0.3) is 5.91 Å². The number of benzene rings is 2. The summed E-state index contributed by atoms with van der Waals surface area (Å²) in [6.07, 6.45) is 10.7. The molecule has 2 fully saturated rings. The van der Waals surface area contributed by atoms with E-state index in [4.69, 9.17) is 0 Å². The molecule has 1 amide bonds. The smallest absolute Gasteiger partial charge is 0.271 e. The Kier molecular flexibility index (Phi) is 7.89. The molecule has 1 saturated heterocycles. The van der Waals surface area contributed by atoms with Crippen molar-refractivity contribution < 1.29 is 4.79 Å². The first-order chi connectivity index (χ1) is 15.3. The van der Waals surface area contributed by atoms with Crippen LogP contribution in [0.3, 0.4) is 0 Å². The van der Waals surface area contributed by atoms with Crippen molar-refractivity contribution in [2.45, 2.75) is 64.3 Å². The van der Waals surface area contributed by atoms with Crippen LogP contribution in [0.15, 0.2) is 59.7 Å². The molecule has 0 aromatic heterocycles. The Balaban J connectivity index is 1.22. The Hall–Kier alpha value is -2.46. The molecule has 0 spiro atoms. The summed E-state index contributed by atoms with van der Waals surface area (Å²) in [5.74, 6) is 0.685. The highest BCUT2D eigenvalue weighted by atomic mass is 16.2. The van der Waals surface area contributed by atoms with Crippen molar-refractivity contribution in [1.29, 1.82) is 0 Å². The Morgan fingerprint density at radius 2 is 1.55 bits per heavy atom. The molecule has 4 nitrogen and oxygen atoms in total. The summed E-state index contributed by atoms with van der Waals surface area (Å²) in [5, 5.41) is 4.38. The van der Waals surface area contributed by atoms with Crippen LogP contribution in [0, 0.1) is 5.92 Å². The minimum atomic E-state index is -0.106. The first kappa shape index (κ1) is 21.8. The predicted octanol–water partition coefficient (Wildman–Crippen LogP) is 5.58. The van der Waals surface area contributed by atoms with E-state index < -0.39 is 0 Å². The minimum Gasteiger partial charge on any atom is -0.299 e. The summed E-state index contributed by atoms with van der Waals surface area (Å²) in [6, 6.07) is 18.9. The summed E-state index contributed by atoms with van der Waals surface area (Å²) >= 11 is 0. The highest BCUT2D eigenvalue weighted by Crippen LogP contribution is 2.23. The van der Waals surface area contributed by atoms with Crippen LogP contribution in [0.5, 0.6) is 0 Å². The van der Waals surface area contributed by atoms with Gasteiger partial charge in [-0.2, -0.15) is 5.10 Å². The van der Waals surface area contributed by atoms with Gasteiger partial charge in [-0.25, -0.2) is 5.43 Å². The molecule has 1 N–H and O–H groups in total. The third kappa shape index (κ3) is 6.76. The van der Waals surface area contributed by atoms with Crippen LogP contribution >= 0.6 is 0 Å². The molecule has 1 aliphatic carbocycles. The molecular formula is C27H35N3O. The first-order valence-electron chi connectivity index (χ1n) is 12.0. The number of hydrogen-bond acceptors (Lipinski definition) is 3. The van der Waals surface area contributed by atoms with Crippen LogP contribution in [0.2, 0.25) is 0 Å². The molecule has 0 atom stereocenters. The van der Waals surface area contributed by atoms with E-state index in [1.165, 1.54) is 56.1 Å². The highest BCUT2D eigenvalue weighted by Gasteiger charge is 2.19. The summed E-state index contributed by atoms with van der Waals surface area (Å²) in [4.78, 5) is 15.0. The van der Waals surface area contributed by atoms with Gasteiger partial charge in [-0.05, 0) is 87.2 Å². The van der Waals surface area contributed by atoms with Gasteiger partial charge >= 0.3 is 0 Å². The van der Waals surface area contributed by atoms with Gasteiger partial charge in [0.1, 0.15) is 0 Å². The van der Waals surface area contributed by atoms with Crippen molar-refractivity contribution >= 4 is 11.6 Å². The van der Waals surface area contributed by atoms with Gasteiger partial charge in [0.05, 0.1) is 0 Å². The monoisotopic (exact) mass is 417 g/mol. The third-order valence-corrected chi connectivity index (χ3v) is 6.69. The standard InChI is InChI=1S/C27H35N3O/c31-27(29-28-26-10-6-1-2-7-11-26)25-14-12-24(13-15-25)21-30-18-16-23(17-19-30)20-22-8-4-3-5-9-22/h3-5,8-9,12-15,23H,1-2,6-7,10-11,16-21H2,(H,29,31). The van der Waals surface area contributed by atoms with Crippen LogP contribution in [0.1, 0.15) is 72.9 Å². The quantitative estimate of drug-likeness (QED) is 0.492. The second-order valence-corrected chi connectivity index (χ2v) is 9.14. The molecule has 31 heavy (non-hydrogen) atoms. The number of likely N-dealkylation sites (tertiary alicyclic amines) is 1. The lowest BCUT2D eigenvalue weighted by atomic mass is 9.90. The number of nitrogens with one attached hydrogen (secondary N) is 1. The van der Waals surface area contributed by atoms with E-state index >= 15 is 0 Å². The number of amides is 1. The van der Waals surface area contributed by atoms with E-state index in [0.717, 1.165) is 44.1 Å². The predicted molar refractivity (Wildman–Crippen MR) is 127 cm³/mol. The molecule has 4 heteroatoms. The van der Waals surface area contributed by atoms with Crippen LogP contribution in [-0.2, 0) is 13.0 Å². The molecule has 2 aromatic rings. The van der Waals surface area contributed by atoms with Gasteiger partial charge < -0.3 is 0 Å². The normalized spacial score (nSPS) is 18.4. The molecule has 1 saturated carbocycles. The van der Waals surface area contributed by atoms with E-state index in [9.17, 15) is 4.79 Å². The number of rotatable bonds is 6. The zero-order valence-corrected chi connectivity index (χ0v) is 18.6. The molecule has 1 aliphatic heterocycles. The number of piperidine rings is 1. The van der Waals surface area contributed by atoms with E-state index in [1.54, 1.807) is 0 Å². The molecule has 0 radical (unpaired) electrons. The fourth-order valence-corrected chi connectivity index (χ4v) is 4.76. The van der Waals surface area contributed by atoms with Crippen LogP contribution in [-0.4, -0.2) is 29.6 Å². The van der Waals surface area contributed by atoms with Crippen LogP contribution < -0.4 is 5.43 Å². The fraction of sp³-hybridized carbons (Fsp3) is 0.481. The molecule has 2 aliphatic rings. The Bertz CT molecular complexity index is 842. The Morgan fingerprint density at radius 3 is 2.23 bits per heavy atom. The zero-order valence-electron chi connectivity index (χ0n) is 18.6. The maximum Gasteiger partial charge on any atom is 0.271 e. The van der Waals surface area contributed by atoms with Crippen molar-refractivity contribution in [3.63, 3.8) is 0 Å². The molecule has 0 unspecified atom stereocenters. The number of carbonyl (C=O) groups is 1. The van der Waals surface area contributed by atoms with Crippen LogP contribution in [0.4, 0.5) is 0 Å². The molecular weight excluding hydrogens is 382 g/mol. The molecule has 2 aromatic carbocycles. The lowest BCUT2D eigenvalue weighted by Gasteiger charge is -2.32. The molecule has 1 heterocycles. The van der Waals surface area contributed by atoms with E-state index in [0.29, 0.717) is 5.56 Å². The number of nitrogens with zero attached hydrogens (tertiary/aromatic N) is 2. The van der Waals surface area contributed by atoms with Crippen molar-refractivity contribution in [2.75, 3.05) is 13.1 Å². The first-order valence-corrected chi connectivity index (χ1v) is 12.0. The molecule has 4 rings (SSSR count). The second-order valence-electron chi connectivity index (χ2n) is 9.14. The SMILES string of the molecule is O=C(NN=C1CCCCCC1)c1ccc(CN2CCC(Cc3ccccc3)CC2)cc1. The summed E-state index contributed by atoms with van der Waals surface area (Å²) in [7, 11) is 0. The highest BCUT2D eigenvalue weighted by molar-refractivity contribution is 5.95. The summed E-state index contributed by atoms with van der Waals surface area (Å²) in [6.45, 7) is 3.26. The molecule has 0 bridgehead atoms. The lowest BCUT2D eigenvalue weighted by Crippen LogP contribution is -2.33. The van der Waals surface area contributed by atoms with Gasteiger partial charge in [0.2, 0.25) is 0 Å². The maximum atomic E-state index is 12.4.